The van der Waals surface area contributed by atoms with E-state index in [4.69, 9.17) is 9.52 Å². The number of benzene rings is 1. The molecule has 1 aromatic carbocycles. The molecule has 0 saturated carbocycles. The highest BCUT2D eigenvalue weighted by Crippen LogP contribution is 2.25. The van der Waals surface area contributed by atoms with E-state index in [0.717, 1.165) is 43.6 Å². The molecule has 0 amide bonds. The fourth-order valence-corrected chi connectivity index (χ4v) is 3.67. The van der Waals surface area contributed by atoms with E-state index >= 15 is 0 Å². The van der Waals surface area contributed by atoms with Gasteiger partial charge in [-0.2, -0.15) is 0 Å². The van der Waals surface area contributed by atoms with Crippen molar-refractivity contribution in [3.63, 3.8) is 0 Å². The molecule has 166 valence electrons. The number of aliphatic imine (C=N–C) groups is 1. The molecule has 1 atom stereocenters. The van der Waals surface area contributed by atoms with Crippen LogP contribution in [0.2, 0.25) is 0 Å². The molecule has 0 radical (unpaired) electrons. The van der Waals surface area contributed by atoms with Gasteiger partial charge in [-0.05, 0) is 51.3 Å². The molecule has 2 N–H and O–H groups in total. The molecule has 3 rings (SSSR count). The predicted octanol–water partition coefficient (Wildman–Crippen LogP) is 4.62. The van der Waals surface area contributed by atoms with E-state index in [1.807, 2.05) is 6.07 Å². The molecule has 2 heterocycles. The molecule has 7 heteroatoms. The number of nitrogens with one attached hydrogen (secondary N) is 2. The van der Waals surface area contributed by atoms with Crippen LogP contribution in [0.3, 0.4) is 0 Å². The van der Waals surface area contributed by atoms with Gasteiger partial charge in [-0.15, -0.1) is 24.0 Å². The molecule has 1 fully saturated rings. The molecule has 1 unspecified atom stereocenters. The van der Waals surface area contributed by atoms with E-state index in [1.165, 1.54) is 24.0 Å². The number of likely N-dealkylation sites (tertiary alicyclic amines) is 1. The number of hydrogen-bond donors (Lipinski definition) is 2. The second-order valence-corrected chi connectivity index (χ2v) is 8.12. The highest BCUT2D eigenvalue weighted by atomic mass is 127. The van der Waals surface area contributed by atoms with Gasteiger partial charge in [-0.25, -0.2) is 4.99 Å². The molecule has 0 bridgehead atoms. The van der Waals surface area contributed by atoms with Gasteiger partial charge in [0.05, 0.1) is 11.7 Å². The summed E-state index contributed by atoms with van der Waals surface area (Å²) in [6, 6.07) is 11.3. The van der Waals surface area contributed by atoms with Crippen molar-refractivity contribution in [3.8, 4) is 0 Å². The Bertz CT molecular complexity index is 781. The molecule has 0 spiro atoms. The van der Waals surface area contributed by atoms with Crippen LogP contribution in [-0.4, -0.2) is 42.2 Å². The van der Waals surface area contributed by atoms with E-state index in [-0.39, 0.29) is 24.0 Å². The predicted molar refractivity (Wildman–Crippen MR) is 134 cm³/mol. The number of aryl methyl sites for hydroxylation is 1. The van der Waals surface area contributed by atoms with Crippen molar-refractivity contribution in [1.82, 2.24) is 20.7 Å². The normalized spacial score (nSPS) is 15.8. The van der Waals surface area contributed by atoms with E-state index in [9.17, 15) is 0 Å². The molecular formula is C23H36IN5O. The number of rotatable bonds is 8. The van der Waals surface area contributed by atoms with Crippen molar-refractivity contribution in [3.05, 3.63) is 52.9 Å². The highest BCUT2D eigenvalue weighted by Gasteiger charge is 2.23. The van der Waals surface area contributed by atoms with E-state index < -0.39 is 0 Å². The lowest BCUT2D eigenvalue weighted by Crippen LogP contribution is -2.42. The SMILES string of the molecule is CCNC(=NCc1cc(C(C)C)no1)NCC(c1ccc(C)cc1)N1CCCC1.I. The van der Waals surface area contributed by atoms with Crippen molar-refractivity contribution in [2.45, 2.75) is 59.0 Å². The lowest BCUT2D eigenvalue weighted by molar-refractivity contribution is 0.245. The van der Waals surface area contributed by atoms with E-state index in [0.29, 0.717) is 18.5 Å². The number of nitrogens with zero attached hydrogens (tertiary/aromatic N) is 3. The Morgan fingerprint density at radius 2 is 1.87 bits per heavy atom. The van der Waals surface area contributed by atoms with Crippen LogP contribution in [0.25, 0.3) is 0 Å². The topological polar surface area (TPSA) is 65.7 Å². The monoisotopic (exact) mass is 525 g/mol. The minimum absolute atomic E-state index is 0. The van der Waals surface area contributed by atoms with Gasteiger partial charge in [0.25, 0.3) is 0 Å². The Morgan fingerprint density at radius 1 is 1.17 bits per heavy atom. The zero-order chi connectivity index (χ0) is 20.6. The largest absolute Gasteiger partial charge is 0.359 e. The fourth-order valence-electron chi connectivity index (χ4n) is 3.67. The number of halogens is 1. The smallest absolute Gasteiger partial charge is 0.191 e. The van der Waals surface area contributed by atoms with Gasteiger partial charge >= 0.3 is 0 Å². The van der Waals surface area contributed by atoms with Gasteiger partial charge in [0.15, 0.2) is 11.7 Å². The van der Waals surface area contributed by atoms with Crippen LogP contribution in [0, 0.1) is 6.92 Å². The maximum absolute atomic E-state index is 5.42. The van der Waals surface area contributed by atoms with Gasteiger partial charge in [-0.1, -0.05) is 48.8 Å². The zero-order valence-electron chi connectivity index (χ0n) is 18.6. The number of guanidine groups is 1. The lowest BCUT2D eigenvalue weighted by atomic mass is 10.0. The molecule has 1 aromatic heterocycles. The molecule has 1 aliphatic heterocycles. The Morgan fingerprint density at radius 3 is 2.47 bits per heavy atom. The third-order valence-electron chi connectivity index (χ3n) is 5.41. The zero-order valence-corrected chi connectivity index (χ0v) is 21.0. The summed E-state index contributed by atoms with van der Waals surface area (Å²) in [7, 11) is 0. The average molecular weight is 525 g/mol. The molecule has 1 saturated heterocycles. The Balaban J connectivity index is 0.00000320. The number of hydrogen-bond acceptors (Lipinski definition) is 4. The minimum Gasteiger partial charge on any atom is -0.359 e. The van der Waals surface area contributed by atoms with Crippen molar-refractivity contribution >= 4 is 29.9 Å². The van der Waals surface area contributed by atoms with Gasteiger partial charge in [0, 0.05) is 19.2 Å². The summed E-state index contributed by atoms with van der Waals surface area (Å²) in [5, 5.41) is 11.0. The summed E-state index contributed by atoms with van der Waals surface area (Å²) in [4.78, 5) is 7.28. The molecule has 30 heavy (non-hydrogen) atoms. The van der Waals surface area contributed by atoms with Crippen molar-refractivity contribution in [2.75, 3.05) is 26.2 Å². The number of aromatic nitrogens is 1. The summed E-state index contributed by atoms with van der Waals surface area (Å²) in [6.07, 6.45) is 2.56. The summed E-state index contributed by atoms with van der Waals surface area (Å²) in [5.74, 6) is 1.96. The van der Waals surface area contributed by atoms with Crippen molar-refractivity contribution in [2.24, 2.45) is 4.99 Å². The van der Waals surface area contributed by atoms with Gasteiger partial charge in [0.1, 0.15) is 6.54 Å². The first-order valence-electron chi connectivity index (χ1n) is 10.8. The molecule has 6 nitrogen and oxygen atoms in total. The third kappa shape index (κ3) is 6.97. The van der Waals surface area contributed by atoms with Crippen LogP contribution in [0.4, 0.5) is 0 Å². The van der Waals surface area contributed by atoms with Gasteiger partial charge in [0.2, 0.25) is 0 Å². The van der Waals surface area contributed by atoms with Crippen LogP contribution >= 0.6 is 24.0 Å². The molecule has 1 aliphatic rings. The second kappa shape index (κ2) is 12.3. The summed E-state index contributed by atoms with van der Waals surface area (Å²) in [6.45, 7) is 12.9. The maximum atomic E-state index is 5.42. The fraction of sp³-hybridized carbons (Fsp3) is 0.565. The van der Waals surface area contributed by atoms with Crippen LogP contribution in [-0.2, 0) is 6.54 Å². The summed E-state index contributed by atoms with van der Waals surface area (Å²) < 4.78 is 5.42. The van der Waals surface area contributed by atoms with Crippen molar-refractivity contribution < 1.29 is 4.52 Å². The standard InChI is InChI=1S/C23H35N5O.HI/c1-5-24-23(25-15-20-14-21(17(2)3)27-29-20)26-16-22(28-12-6-7-13-28)19-10-8-18(4)9-11-19;/h8-11,14,17,22H,5-7,12-13,15-16H2,1-4H3,(H2,24,25,26);1H. The van der Waals surface area contributed by atoms with Crippen LogP contribution in [0.5, 0.6) is 0 Å². The van der Waals surface area contributed by atoms with Crippen molar-refractivity contribution in [1.29, 1.82) is 0 Å². The Kier molecular flexibility index (Phi) is 10.1. The molecule has 2 aromatic rings. The van der Waals surface area contributed by atoms with Crippen LogP contribution < -0.4 is 10.6 Å². The lowest BCUT2D eigenvalue weighted by Gasteiger charge is -2.29. The van der Waals surface area contributed by atoms with Crippen LogP contribution in [0.1, 0.15) is 68.2 Å². The van der Waals surface area contributed by atoms with E-state index in [1.54, 1.807) is 0 Å². The minimum atomic E-state index is 0. The highest BCUT2D eigenvalue weighted by molar-refractivity contribution is 14.0. The Labute approximate surface area is 197 Å². The third-order valence-corrected chi connectivity index (χ3v) is 5.41. The summed E-state index contributed by atoms with van der Waals surface area (Å²) >= 11 is 0. The second-order valence-electron chi connectivity index (χ2n) is 8.12. The Hall–Kier alpha value is -1.61. The average Bonchev–Trinajstić information content (AvgIpc) is 3.40. The first kappa shape index (κ1) is 24.7. The first-order valence-corrected chi connectivity index (χ1v) is 10.8. The summed E-state index contributed by atoms with van der Waals surface area (Å²) in [5.41, 5.74) is 3.63. The van der Waals surface area contributed by atoms with Crippen LogP contribution in [0.15, 0.2) is 39.8 Å². The molecular weight excluding hydrogens is 489 g/mol. The quantitative estimate of drug-likeness (QED) is 0.299. The maximum Gasteiger partial charge on any atom is 0.191 e. The molecule has 0 aliphatic carbocycles. The van der Waals surface area contributed by atoms with Gasteiger partial charge < -0.3 is 15.2 Å². The van der Waals surface area contributed by atoms with Gasteiger partial charge in [-0.3, -0.25) is 4.90 Å². The van der Waals surface area contributed by atoms with E-state index in [2.05, 4.69) is 72.7 Å². The first-order chi connectivity index (χ1) is 14.1.